The van der Waals surface area contributed by atoms with Crippen molar-refractivity contribution in [2.45, 2.75) is 5.37 Å². The van der Waals surface area contributed by atoms with Crippen molar-refractivity contribution in [2.75, 3.05) is 30.4 Å². The number of thioether (sulfide) groups is 2. The van der Waals surface area contributed by atoms with E-state index in [1.54, 1.807) is 29.8 Å². The summed E-state index contributed by atoms with van der Waals surface area (Å²) in [4.78, 5) is 13.6. The quantitative estimate of drug-likeness (QED) is 0.798. The highest BCUT2D eigenvalue weighted by molar-refractivity contribution is 8.00. The van der Waals surface area contributed by atoms with Crippen molar-refractivity contribution in [2.24, 2.45) is 0 Å². The van der Waals surface area contributed by atoms with Gasteiger partial charge in [-0.3, -0.25) is 4.79 Å². The van der Waals surface area contributed by atoms with Gasteiger partial charge in [-0.1, -0.05) is 0 Å². The highest BCUT2D eigenvalue weighted by Gasteiger charge is 2.33. The number of hydrogen-bond acceptors (Lipinski definition) is 5. The van der Waals surface area contributed by atoms with Gasteiger partial charge in [0.25, 0.3) is 0 Å². The Morgan fingerprint density at radius 2 is 2.47 bits per heavy atom. The van der Waals surface area contributed by atoms with Crippen LogP contribution in [0, 0.1) is 0 Å². The van der Waals surface area contributed by atoms with E-state index in [-0.39, 0.29) is 17.9 Å². The van der Waals surface area contributed by atoms with Crippen molar-refractivity contribution >= 4 is 29.4 Å². The predicted octanol–water partition coefficient (Wildman–Crippen LogP) is 1.58. The lowest BCUT2D eigenvalue weighted by Crippen LogP contribution is -2.30. The molecule has 0 aromatic carbocycles. The molecule has 1 aliphatic rings. The fourth-order valence-electron chi connectivity index (χ4n) is 1.69. The van der Waals surface area contributed by atoms with Gasteiger partial charge in [0.2, 0.25) is 5.91 Å². The molecular formula is C11H15NO3S2. The maximum absolute atomic E-state index is 11.7. The van der Waals surface area contributed by atoms with Crippen LogP contribution in [-0.4, -0.2) is 46.3 Å². The van der Waals surface area contributed by atoms with E-state index in [0.717, 1.165) is 17.3 Å². The Kier molecular flexibility index (Phi) is 4.82. The lowest BCUT2D eigenvalue weighted by molar-refractivity contribution is -0.127. The summed E-state index contributed by atoms with van der Waals surface area (Å²) in [5, 5.41) is 8.71. The van der Waals surface area contributed by atoms with Gasteiger partial charge < -0.3 is 14.4 Å². The predicted molar refractivity (Wildman–Crippen MR) is 70.0 cm³/mol. The van der Waals surface area contributed by atoms with Crippen molar-refractivity contribution in [1.82, 2.24) is 4.90 Å². The van der Waals surface area contributed by atoms with E-state index in [0.29, 0.717) is 12.3 Å². The molecule has 0 radical (unpaired) electrons. The van der Waals surface area contributed by atoms with Gasteiger partial charge in [-0.05, 0) is 12.1 Å². The highest BCUT2D eigenvalue weighted by atomic mass is 32.2. The second kappa shape index (κ2) is 6.37. The molecule has 1 saturated heterocycles. The minimum atomic E-state index is 0.0206. The number of nitrogens with zero attached hydrogens (tertiary/aromatic N) is 1. The summed E-state index contributed by atoms with van der Waals surface area (Å²) in [6.07, 6.45) is 1.64. The van der Waals surface area contributed by atoms with E-state index in [9.17, 15) is 4.79 Å². The van der Waals surface area contributed by atoms with Crippen LogP contribution in [-0.2, 0) is 4.79 Å². The third-order valence-electron chi connectivity index (χ3n) is 2.47. The lowest BCUT2D eigenvalue weighted by Gasteiger charge is -2.21. The summed E-state index contributed by atoms with van der Waals surface area (Å²) < 4.78 is 5.36. The molecule has 0 bridgehead atoms. The molecule has 17 heavy (non-hydrogen) atoms. The Hall–Kier alpha value is -0.590. The number of rotatable bonds is 6. The lowest BCUT2D eigenvalue weighted by atomic mass is 10.4. The molecule has 1 aliphatic heterocycles. The molecule has 0 spiro atoms. The van der Waals surface area contributed by atoms with Crippen LogP contribution in [0.15, 0.2) is 22.8 Å². The van der Waals surface area contributed by atoms with Gasteiger partial charge in [-0.25, -0.2) is 0 Å². The first-order valence-corrected chi connectivity index (χ1v) is 7.66. The number of aliphatic hydroxyl groups excluding tert-OH is 1. The maximum Gasteiger partial charge on any atom is 0.233 e. The van der Waals surface area contributed by atoms with E-state index < -0.39 is 0 Å². The Morgan fingerprint density at radius 3 is 3.18 bits per heavy atom. The summed E-state index contributed by atoms with van der Waals surface area (Å²) in [5.74, 6) is 3.11. The average molecular weight is 273 g/mol. The van der Waals surface area contributed by atoms with Crippen LogP contribution < -0.4 is 0 Å². The molecule has 0 saturated carbocycles. The van der Waals surface area contributed by atoms with Crippen molar-refractivity contribution in [3.8, 4) is 0 Å². The molecule has 94 valence electrons. The molecule has 1 unspecified atom stereocenters. The van der Waals surface area contributed by atoms with Crippen LogP contribution in [0.5, 0.6) is 0 Å². The van der Waals surface area contributed by atoms with Gasteiger partial charge in [-0.2, -0.15) is 11.8 Å². The van der Waals surface area contributed by atoms with E-state index >= 15 is 0 Å². The standard InChI is InChI=1S/C11H15NO3S2/c13-4-7-16-6-3-12-10(14)8-17-11(12)9-2-1-5-15-9/h1-2,5,11,13H,3-4,6-8H2. The minimum absolute atomic E-state index is 0.0206. The van der Waals surface area contributed by atoms with Gasteiger partial charge in [0.05, 0.1) is 18.6 Å². The summed E-state index contributed by atoms with van der Waals surface area (Å²) in [5.41, 5.74) is 0. The highest BCUT2D eigenvalue weighted by Crippen LogP contribution is 2.38. The van der Waals surface area contributed by atoms with Gasteiger partial charge in [-0.15, -0.1) is 11.8 Å². The van der Waals surface area contributed by atoms with Gasteiger partial charge >= 0.3 is 0 Å². The van der Waals surface area contributed by atoms with Crippen LogP contribution in [0.4, 0.5) is 0 Å². The van der Waals surface area contributed by atoms with Crippen molar-refractivity contribution in [3.05, 3.63) is 24.2 Å². The Morgan fingerprint density at radius 1 is 1.59 bits per heavy atom. The van der Waals surface area contributed by atoms with E-state index in [1.807, 2.05) is 17.0 Å². The zero-order chi connectivity index (χ0) is 12.1. The summed E-state index contributed by atoms with van der Waals surface area (Å²) in [6.45, 7) is 0.900. The van der Waals surface area contributed by atoms with Crippen LogP contribution in [0.2, 0.25) is 0 Å². The Bertz CT molecular complexity index is 356. The number of hydrogen-bond donors (Lipinski definition) is 1. The van der Waals surface area contributed by atoms with Crippen molar-refractivity contribution < 1.29 is 14.3 Å². The minimum Gasteiger partial charge on any atom is -0.466 e. The Labute approximate surface area is 109 Å². The number of furan rings is 1. The molecule has 1 aromatic heterocycles. The number of amides is 1. The van der Waals surface area contributed by atoms with Crippen LogP contribution in [0.1, 0.15) is 11.1 Å². The maximum atomic E-state index is 11.7. The third kappa shape index (κ3) is 3.20. The van der Waals surface area contributed by atoms with Crippen LogP contribution in [0.25, 0.3) is 0 Å². The molecule has 0 aliphatic carbocycles. The number of aliphatic hydroxyl groups is 1. The number of carbonyl (C=O) groups is 1. The largest absolute Gasteiger partial charge is 0.466 e. The fraction of sp³-hybridized carbons (Fsp3) is 0.545. The molecule has 1 aromatic rings. The van der Waals surface area contributed by atoms with Crippen LogP contribution >= 0.6 is 23.5 Å². The zero-order valence-electron chi connectivity index (χ0n) is 9.37. The first kappa shape index (κ1) is 12.9. The third-order valence-corrected chi connectivity index (χ3v) is 4.63. The molecule has 2 rings (SSSR count). The summed E-state index contributed by atoms with van der Waals surface area (Å²) in [7, 11) is 0. The monoisotopic (exact) mass is 273 g/mol. The first-order valence-electron chi connectivity index (χ1n) is 5.46. The molecule has 6 heteroatoms. The van der Waals surface area contributed by atoms with E-state index in [2.05, 4.69) is 0 Å². The van der Waals surface area contributed by atoms with Gasteiger partial charge in [0.1, 0.15) is 11.1 Å². The van der Waals surface area contributed by atoms with Gasteiger partial charge in [0, 0.05) is 18.1 Å². The summed E-state index contributed by atoms with van der Waals surface area (Å²) in [6, 6.07) is 3.75. The molecule has 4 nitrogen and oxygen atoms in total. The molecule has 1 N–H and O–H groups in total. The van der Waals surface area contributed by atoms with E-state index in [1.165, 1.54) is 0 Å². The average Bonchev–Trinajstić information content (AvgIpc) is 2.94. The molecule has 2 heterocycles. The van der Waals surface area contributed by atoms with Gasteiger partial charge in [0.15, 0.2) is 0 Å². The second-order valence-corrected chi connectivity index (χ2v) is 5.90. The van der Waals surface area contributed by atoms with Crippen LogP contribution in [0.3, 0.4) is 0 Å². The second-order valence-electron chi connectivity index (χ2n) is 3.60. The van der Waals surface area contributed by atoms with Crippen molar-refractivity contribution in [1.29, 1.82) is 0 Å². The molecule has 1 atom stereocenters. The molecule has 1 fully saturated rings. The first-order chi connectivity index (χ1) is 8.33. The van der Waals surface area contributed by atoms with Crippen molar-refractivity contribution in [3.63, 3.8) is 0 Å². The SMILES string of the molecule is O=C1CSC(c2ccco2)N1CCSCCO. The molecular weight excluding hydrogens is 258 g/mol. The Balaban J connectivity index is 1.90. The number of carbonyl (C=O) groups excluding carboxylic acids is 1. The smallest absolute Gasteiger partial charge is 0.233 e. The summed E-state index contributed by atoms with van der Waals surface area (Å²) >= 11 is 3.26. The fourth-order valence-corrected chi connectivity index (χ4v) is 3.52. The normalized spacial score (nSPS) is 20.2. The van der Waals surface area contributed by atoms with E-state index in [4.69, 9.17) is 9.52 Å². The topological polar surface area (TPSA) is 53.7 Å². The zero-order valence-corrected chi connectivity index (χ0v) is 11.0. The molecule has 1 amide bonds.